The Bertz CT molecular complexity index is 801. The van der Waals surface area contributed by atoms with Crippen molar-refractivity contribution in [1.82, 2.24) is 4.90 Å². The average molecular weight is 419 g/mol. The van der Waals surface area contributed by atoms with Gasteiger partial charge in [0.1, 0.15) is 18.5 Å². The number of β-amino-alcohol motifs (C(OH)–C–C–N with tert-alkyl or cyclic N) is 1. The summed E-state index contributed by atoms with van der Waals surface area (Å²) in [6.07, 6.45) is -0.594. The van der Waals surface area contributed by atoms with E-state index in [4.69, 9.17) is 22.1 Å². The number of nitrogens with one attached hydrogen (secondary N) is 1. The van der Waals surface area contributed by atoms with E-state index in [0.29, 0.717) is 24.0 Å². The molecule has 1 aliphatic heterocycles. The zero-order valence-corrected chi connectivity index (χ0v) is 17.2. The van der Waals surface area contributed by atoms with E-state index in [1.165, 1.54) is 5.69 Å². The van der Waals surface area contributed by atoms with Crippen LogP contribution in [0.5, 0.6) is 5.75 Å². The lowest BCUT2D eigenvalue weighted by Crippen LogP contribution is -2.54. The Balaban J connectivity index is 1.44. The predicted molar refractivity (Wildman–Crippen MR) is 116 cm³/mol. The molecule has 0 bridgehead atoms. The highest BCUT2D eigenvalue weighted by atomic mass is 35.5. The summed E-state index contributed by atoms with van der Waals surface area (Å²) in [5.74, 6) is 0.625. The van der Waals surface area contributed by atoms with Gasteiger partial charge in [0.15, 0.2) is 0 Å². The first-order valence-corrected chi connectivity index (χ1v) is 10.0. The first-order chi connectivity index (χ1) is 13.9. The number of aliphatic hydroxyl groups excluding tert-OH is 1. The molecule has 29 heavy (non-hydrogen) atoms. The van der Waals surface area contributed by atoms with Crippen molar-refractivity contribution < 1.29 is 14.6 Å². The van der Waals surface area contributed by atoms with Gasteiger partial charge in [-0.15, -0.1) is 0 Å². The molecule has 0 saturated carbocycles. The fourth-order valence-corrected chi connectivity index (χ4v) is 3.57. The van der Waals surface area contributed by atoms with Gasteiger partial charge in [-0.2, -0.15) is 0 Å². The normalized spacial score (nSPS) is 18.3. The third-order valence-electron chi connectivity index (χ3n) is 4.97. The van der Waals surface area contributed by atoms with Crippen LogP contribution in [0.1, 0.15) is 6.92 Å². The maximum atomic E-state index is 10.8. The van der Waals surface area contributed by atoms with Crippen molar-refractivity contribution in [2.24, 2.45) is 5.73 Å². The molecule has 1 fully saturated rings. The first kappa shape index (κ1) is 21.2. The van der Waals surface area contributed by atoms with E-state index in [1.54, 1.807) is 24.3 Å². The summed E-state index contributed by atoms with van der Waals surface area (Å²) in [7, 11) is 0. The summed E-state index contributed by atoms with van der Waals surface area (Å²) >= 11 is 5.97. The number of hydrogen-bond donors (Lipinski definition) is 3. The molecule has 4 N–H and O–H groups in total. The van der Waals surface area contributed by atoms with Crippen molar-refractivity contribution >= 4 is 29.0 Å². The van der Waals surface area contributed by atoms with E-state index < -0.39 is 12.1 Å². The smallest absolute Gasteiger partial charge is 0.316 e. The molecular weight excluding hydrogens is 392 g/mol. The van der Waals surface area contributed by atoms with Gasteiger partial charge in [0.2, 0.25) is 0 Å². The van der Waals surface area contributed by atoms with Crippen molar-refractivity contribution in [3.63, 3.8) is 0 Å². The maximum absolute atomic E-state index is 10.8. The second-order valence-corrected chi connectivity index (χ2v) is 7.68. The lowest BCUT2D eigenvalue weighted by atomic mass is 10.1. The molecule has 2 aromatic rings. The first-order valence-electron chi connectivity index (χ1n) is 9.62. The van der Waals surface area contributed by atoms with Gasteiger partial charge < -0.3 is 25.8 Å². The number of nitrogens with zero attached hydrogens (tertiary/aromatic N) is 2. The van der Waals surface area contributed by atoms with Crippen LogP contribution in [0.25, 0.3) is 0 Å². The second-order valence-electron chi connectivity index (χ2n) is 7.24. The van der Waals surface area contributed by atoms with Gasteiger partial charge in [0, 0.05) is 48.6 Å². The number of urea groups is 1. The highest BCUT2D eigenvalue weighted by Crippen LogP contribution is 2.22. The Kier molecular flexibility index (Phi) is 7.19. The second kappa shape index (κ2) is 9.82. The van der Waals surface area contributed by atoms with Crippen molar-refractivity contribution in [3.05, 3.63) is 53.6 Å². The van der Waals surface area contributed by atoms with Gasteiger partial charge in [-0.1, -0.05) is 11.6 Å². The molecule has 2 atom stereocenters. The summed E-state index contributed by atoms with van der Waals surface area (Å²) in [4.78, 5) is 15.4. The molecular formula is C21H27ClN4O3. The minimum atomic E-state index is -0.612. The van der Waals surface area contributed by atoms with Crippen LogP contribution in [0.15, 0.2) is 48.5 Å². The summed E-state index contributed by atoms with van der Waals surface area (Å²) in [6.45, 7) is 5.58. The number of aliphatic hydroxyl groups is 1. The van der Waals surface area contributed by atoms with Crippen molar-refractivity contribution in [1.29, 1.82) is 0 Å². The maximum Gasteiger partial charge on any atom is 0.316 e. The van der Waals surface area contributed by atoms with E-state index in [9.17, 15) is 9.90 Å². The zero-order chi connectivity index (χ0) is 20.8. The number of amides is 2. The average Bonchev–Trinajstić information content (AvgIpc) is 2.69. The number of primary amides is 1. The van der Waals surface area contributed by atoms with E-state index >= 15 is 0 Å². The molecule has 1 saturated heterocycles. The van der Waals surface area contributed by atoms with Crippen molar-refractivity contribution in [2.45, 2.75) is 19.1 Å². The monoisotopic (exact) mass is 418 g/mol. The molecule has 0 aromatic heterocycles. The number of carbonyl (C=O) groups excluding carboxylic acids is 1. The van der Waals surface area contributed by atoms with Crippen LogP contribution in [-0.2, 0) is 0 Å². The van der Waals surface area contributed by atoms with Crippen LogP contribution < -0.4 is 20.7 Å². The van der Waals surface area contributed by atoms with Gasteiger partial charge in [-0.3, -0.25) is 4.90 Å². The summed E-state index contributed by atoms with van der Waals surface area (Å²) < 4.78 is 5.66. The van der Waals surface area contributed by atoms with Crippen molar-refractivity contribution in [2.75, 3.05) is 43.0 Å². The molecule has 1 heterocycles. The number of ether oxygens (including phenoxy) is 1. The van der Waals surface area contributed by atoms with E-state index in [2.05, 4.69) is 22.0 Å². The molecule has 2 aromatic carbocycles. The Labute approximate surface area is 176 Å². The largest absolute Gasteiger partial charge is 0.491 e. The Morgan fingerprint density at radius 3 is 2.55 bits per heavy atom. The molecule has 2 amide bonds. The number of nitrogens with two attached hydrogens (primary N) is 1. The summed E-state index contributed by atoms with van der Waals surface area (Å²) in [5, 5.41) is 13.6. The standard InChI is InChI=1S/C21H27ClN4O3/c1-15-12-26(18-6-2-16(22)3-7-18)11-10-25(15)13-19(27)14-29-20-8-4-17(5-9-20)24-21(23)28/h2-9,15,19,27H,10-14H2,1H3,(H3,23,24,28)/t15-,19+/m0/s1. The van der Waals surface area contributed by atoms with Gasteiger partial charge in [0.05, 0.1) is 0 Å². The highest BCUT2D eigenvalue weighted by molar-refractivity contribution is 6.30. The molecule has 0 unspecified atom stereocenters. The Hall–Kier alpha value is -2.48. The van der Waals surface area contributed by atoms with Crippen LogP contribution >= 0.6 is 11.6 Å². The lowest BCUT2D eigenvalue weighted by Gasteiger charge is -2.41. The number of anilines is 2. The molecule has 0 spiro atoms. The van der Waals surface area contributed by atoms with E-state index in [-0.39, 0.29) is 6.61 Å². The van der Waals surface area contributed by atoms with Crippen LogP contribution in [0.4, 0.5) is 16.2 Å². The molecule has 7 nitrogen and oxygen atoms in total. The van der Waals surface area contributed by atoms with Crippen molar-refractivity contribution in [3.8, 4) is 5.75 Å². The van der Waals surface area contributed by atoms with Gasteiger partial charge >= 0.3 is 6.03 Å². The SMILES string of the molecule is C[C@H]1CN(c2ccc(Cl)cc2)CCN1C[C@@H](O)COc1ccc(NC(N)=O)cc1. The topological polar surface area (TPSA) is 91.1 Å². The zero-order valence-electron chi connectivity index (χ0n) is 16.4. The number of carbonyl (C=O) groups is 1. The molecule has 0 aliphatic carbocycles. The highest BCUT2D eigenvalue weighted by Gasteiger charge is 2.25. The Morgan fingerprint density at radius 2 is 1.93 bits per heavy atom. The minimum absolute atomic E-state index is 0.201. The fourth-order valence-electron chi connectivity index (χ4n) is 3.45. The fraction of sp³-hybridized carbons (Fsp3) is 0.381. The van der Waals surface area contributed by atoms with Gasteiger partial charge in [0.25, 0.3) is 0 Å². The lowest BCUT2D eigenvalue weighted by molar-refractivity contribution is 0.0512. The molecule has 0 radical (unpaired) electrons. The van der Waals surface area contributed by atoms with Crippen LogP contribution in [-0.4, -0.2) is 61.0 Å². The van der Waals surface area contributed by atoms with Crippen LogP contribution in [0.2, 0.25) is 5.02 Å². The number of rotatable bonds is 7. The number of halogens is 1. The number of piperazine rings is 1. The van der Waals surface area contributed by atoms with Crippen LogP contribution in [0, 0.1) is 0 Å². The summed E-state index contributed by atoms with van der Waals surface area (Å²) in [6, 6.07) is 14.4. The quantitative estimate of drug-likeness (QED) is 0.643. The molecule has 8 heteroatoms. The molecule has 156 valence electrons. The summed E-state index contributed by atoms with van der Waals surface area (Å²) in [5.41, 5.74) is 6.84. The minimum Gasteiger partial charge on any atom is -0.491 e. The van der Waals surface area contributed by atoms with Gasteiger partial charge in [-0.25, -0.2) is 4.79 Å². The van der Waals surface area contributed by atoms with E-state index in [0.717, 1.165) is 24.7 Å². The van der Waals surface area contributed by atoms with Gasteiger partial charge in [-0.05, 0) is 55.5 Å². The third-order valence-corrected chi connectivity index (χ3v) is 5.22. The number of benzene rings is 2. The molecule has 3 rings (SSSR count). The molecule has 1 aliphatic rings. The Morgan fingerprint density at radius 1 is 1.24 bits per heavy atom. The number of hydrogen-bond acceptors (Lipinski definition) is 5. The van der Waals surface area contributed by atoms with Crippen LogP contribution in [0.3, 0.4) is 0 Å². The third kappa shape index (κ3) is 6.25. The van der Waals surface area contributed by atoms with E-state index in [1.807, 2.05) is 24.3 Å². The predicted octanol–water partition coefficient (Wildman–Crippen LogP) is 2.78.